The van der Waals surface area contributed by atoms with Gasteiger partial charge in [-0.1, -0.05) is 30.3 Å². The Kier molecular flexibility index (Phi) is 3.96. The molecule has 21 heavy (non-hydrogen) atoms. The smallest absolute Gasteiger partial charge is 0.137 e. The zero-order chi connectivity index (χ0) is 14.7. The van der Waals surface area contributed by atoms with Crippen molar-refractivity contribution >= 4 is 21.6 Å². The Hall–Kier alpha value is -2.21. The van der Waals surface area contributed by atoms with Crippen LogP contribution in [0.4, 0.5) is 10.1 Å². The van der Waals surface area contributed by atoms with Gasteiger partial charge in [-0.25, -0.2) is 4.39 Å². The van der Waals surface area contributed by atoms with Gasteiger partial charge in [0, 0.05) is 11.3 Å². The maximum atomic E-state index is 13.2. The molecule has 106 valence electrons. The SMILES string of the molecule is Fc1ccc(NCc2n[nH]nc2-c2ccccc2)cc1Br. The third kappa shape index (κ3) is 3.11. The minimum absolute atomic E-state index is 0.285. The molecule has 0 bridgehead atoms. The summed E-state index contributed by atoms with van der Waals surface area (Å²) in [6.45, 7) is 0.499. The van der Waals surface area contributed by atoms with Gasteiger partial charge in [-0.2, -0.15) is 15.4 Å². The Morgan fingerprint density at radius 3 is 2.67 bits per heavy atom. The Balaban J connectivity index is 1.77. The highest BCUT2D eigenvalue weighted by atomic mass is 79.9. The minimum Gasteiger partial charge on any atom is -0.379 e. The van der Waals surface area contributed by atoms with Crippen molar-refractivity contribution in [3.63, 3.8) is 0 Å². The maximum Gasteiger partial charge on any atom is 0.137 e. The van der Waals surface area contributed by atoms with Crippen LogP contribution in [0, 0.1) is 5.82 Å². The molecule has 6 heteroatoms. The number of nitrogens with one attached hydrogen (secondary N) is 2. The molecule has 2 aromatic carbocycles. The minimum atomic E-state index is -0.285. The third-order valence-electron chi connectivity index (χ3n) is 3.05. The molecule has 0 fully saturated rings. The van der Waals surface area contributed by atoms with Gasteiger partial charge < -0.3 is 5.32 Å². The fourth-order valence-corrected chi connectivity index (χ4v) is 2.37. The molecule has 0 saturated heterocycles. The van der Waals surface area contributed by atoms with Crippen LogP contribution in [-0.2, 0) is 6.54 Å². The van der Waals surface area contributed by atoms with E-state index in [1.54, 1.807) is 12.1 Å². The molecule has 1 heterocycles. The summed E-state index contributed by atoms with van der Waals surface area (Å²) in [5.74, 6) is -0.285. The number of aromatic amines is 1. The van der Waals surface area contributed by atoms with Gasteiger partial charge in [0.25, 0.3) is 0 Å². The van der Waals surface area contributed by atoms with E-state index >= 15 is 0 Å². The van der Waals surface area contributed by atoms with E-state index in [9.17, 15) is 4.39 Å². The van der Waals surface area contributed by atoms with Crippen molar-refractivity contribution in [2.45, 2.75) is 6.54 Å². The molecule has 0 aliphatic heterocycles. The van der Waals surface area contributed by atoms with Crippen LogP contribution < -0.4 is 5.32 Å². The van der Waals surface area contributed by atoms with Crippen LogP contribution in [0.3, 0.4) is 0 Å². The normalized spacial score (nSPS) is 10.6. The lowest BCUT2D eigenvalue weighted by atomic mass is 10.1. The van der Waals surface area contributed by atoms with E-state index in [0.717, 1.165) is 22.6 Å². The topological polar surface area (TPSA) is 53.6 Å². The van der Waals surface area contributed by atoms with Crippen molar-refractivity contribution < 1.29 is 4.39 Å². The Morgan fingerprint density at radius 1 is 1.10 bits per heavy atom. The number of H-pyrrole nitrogens is 1. The van der Waals surface area contributed by atoms with Crippen molar-refractivity contribution in [2.24, 2.45) is 0 Å². The lowest BCUT2D eigenvalue weighted by Gasteiger charge is -2.06. The number of hydrogen-bond acceptors (Lipinski definition) is 3. The van der Waals surface area contributed by atoms with Crippen molar-refractivity contribution in [3.05, 3.63) is 64.5 Å². The highest BCUT2D eigenvalue weighted by Gasteiger charge is 2.10. The molecule has 1 aromatic heterocycles. The molecular weight excluding hydrogens is 335 g/mol. The molecule has 0 amide bonds. The number of rotatable bonds is 4. The Labute approximate surface area is 129 Å². The number of halogens is 2. The standard InChI is InChI=1S/C15H12BrFN4/c16-12-8-11(6-7-13(12)17)18-9-14-15(20-21-19-14)10-4-2-1-3-5-10/h1-8,18H,9H2,(H,19,20,21). The lowest BCUT2D eigenvalue weighted by Crippen LogP contribution is -2.01. The Morgan fingerprint density at radius 2 is 1.90 bits per heavy atom. The molecule has 0 aliphatic carbocycles. The van der Waals surface area contributed by atoms with Gasteiger partial charge in [0.1, 0.15) is 17.2 Å². The highest BCUT2D eigenvalue weighted by Crippen LogP contribution is 2.22. The molecule has 0 spiro atoms. The van der Waals surface area contributed by atoms with E-state index in [1.807, 2.05) is 30.3 Å². The van der Waals surface area contributed by atoms with Crippen LogP contribution in [0.15, 0.2) is 53.0 Å². The quantitative estimate of drug-likeness (QED) is 0.751. The predicted octanol–water partition coefficient (Wildman–Crippen LogP) is 3.99. The average Bonchev–Trinajstić information content (AvgIpc) is 2.98. The zero-order valence-electron chi connectivity index (χ0n) is 11.0. The van der Waals surface area contributed by atoms with Gasteiger partial charge in [-0.3, -0.25) is 0 Å². The van der Waals surface area contributed by atoms with Gasteiger partial charge in [-0.05, 0) is 34.1 Å². The van der Waals surface area contributed by atoms with E-state index in [-0.39, 0.29) is 5.82 Å². The summed E-state index contributed by atoms with van der Waals surface area (Å²) in [5, 5.41) is 14.2. The molecule has 4 nitrogen and oxygen atoms in total. The third-order valence-corrected chi connectivity index (χ3v) is 3.65. The largest absolute Gasteiger partial charge is 0.379 e. The van der Waals surface area contributed by atoms with Crippen molar-refractivity contribution in [2.75, 3.05) is 5.32 Å². The fraction of sp³-hybridized carbons (Fsp3) is 0.0667. The van der Waals surface area contributed by atoms with Gasteiger partial charge in [0.15, 0.2) is 0 Å². The molecule has 3 rings (SSSR count). The molecular formula is C15H12BrFN4. The second-order valence-electron chi connectivity index (χ2n) is 4.47. The van der Waals surface area contributed by atoms with Crippen LogP contribution in [0.5, 0.6) is 0 Å². The van der Waals surface area contributed by atoms with Crippen LogP contribution in [0.2, 0.25) is 0 Å². The predicted molar refractivity (Wildman–Crippen MR) is 83.2 cm³/mol. The summed E-state index contributed by atoms with van der Waals surface area (Å²) < 4.78 is 13.6. The summed E-state index contributed by atoms with van der Waals surface area (Å²) in [5.41, 5.74) is 3.43. The number of hydrogen-bond donors (Lipinski definition) is 2. The fourth-order valence-electron chi connectivity index (χ4n) is 2.00. The lowest BCUT2D eigenvalue weighted by molar-refractivity contribution is 0.621. The van der Waals surface area contributed by atoms with E-state index in [4.69, 9.17) is 0 Å². The van der Waals surface area contributed by atoms with Gasteiger partial charge in [-0.15, -0.1) is 0 Å². The van der Waals surface area contributed by atoms with E-state index < -0.39 is 0 Å². The second-order valence-corrected chi connectivity index (χ2v) is 5.32. The number of nitrogens with zero attached hydrogens (tertiary/aromatic N) is 2. The van der Waals surface area contributed by atoms with Crippen molar-refractivity contribution in [1.29, 1.82) is 0 Å². The van der Waals surface area contributed by atoms with Gasteiger partial charge in [0.2, 0.25) is 0 Å². The molecule has 2 N–H and O–H groups in total. The molecule has 0 unspecified atom stereocenters. The monoisotopic (exact) mass is 346 g/mol. The summed E-state index contributed by atoms with van der Waals surface area (Å²) in [7, 11) is 0. The number of anilines is 1. The summed E-state index contributed by atoms with van der Waals surface area (Å²) in [4.78, 5) is 0. The van der Waals surface area contributed by atoms with Crippen LogP contribution in [0.25, 0.3) is 11.3 Å². The number of aromatic nitrogens is 3. The summed E-state index contributed by atoms with van der Waals surface area (Å²) in [6, 6.07) is 14.6. The first-order valence-corrected chi connectivity index (χ1v) is 7.17. The first kappa shape index (κ1) is 13.8. The van der Waals surface area contributed by atoms with Gasteiger partial charge in [0.05, 0.1) is 11.0 Å². The first-order chi connectivity index (χ1) is 10.2. The van der Waals surface area contributed by atoms with E-state index in [2.05, 4.69) is 36.7 Å². The number of benzene rings is 2. The Bertz CT molecular complexity index is 742. The zero-order valence-corrected chi connectivity index (χ0v) is 12.6. The molecule has 0 aliphatic rings. The molecule has 0 saturated carbocycles. The van der Waals surface area contributed by atoms with Crippen LogP contribution >= 0.6 is 15.9 Å². The average molecular weight is 347 g/mol. The maximum absolute atomic E-state index is 13.2. The molecule has 0 atom stereocenters. The van der Waals surface area contributed by atoms with Gasteiger partial charge >= 0.3 is 0 Å². The second kappa shape index (κ2) is 6.05. The van der Waals surface area contributed by atoms with Crippen molar-refractivity contribution in [3.8, 4) is 11.3 Å². The van der Waals surface area contributed by atoms with Crippen molar-refractivity contribution in [1.82, 2.24) is 15.4 Å². The molecule has 0 radical (unpaired) electrons. The summed E-state index contributed by atoms with van der Waals surface area (Å²) >= 11 is 3.17. The van der Waals surface area contributed by atoms with E-state index in [0.29, 0.717) is 11.0 Å². The summed E-state index contributed by atoms with van der Waals surface area (Å²) in [6.07, 6.45) is 0. The molecule has 3 aromatic rings. The van der Waals surface area contributed by atoms with E-state index in [1.165, 1.54) is 6.07 Å². The van der Waals surface area contributed by atoms with Crippen LogP contribution in [-0.4, -0.2) is 15.4 Å². The van der Waals surface area contributed by atoms with Crippen LogP contribution in [0.1, 0.15) is 5.69 Å². The highest BCUT2D eigenvalue weighted by molar-refractivity contribution is 9.10. The first-order valence-electron chi connectivity index (χ1n) is 6.38.